The lowest BCUT2D eigenvalue weighted by Gasteiger charge is -2.05. The smallest absolute Gasteiger partial charge is 0.157 e. The normalized spacial score (nSPS) is 10.6. The third-order valence-corrected chi connectivity index (χ3v) is 2.69. The zero-order valence-corrected chi connectivity index (χ0v) is 10.7. The molecule has 0 fully saturated rings. The number of ether oxygens (including phenoxy) is 1. The van der Waals surface area contributed by atoms with Gasteiger partial charge in [0.1, 0.15) is 6.61 Å². The number of hydrogen-bond donors (Lipinski definition) is 1. The minimum absolute atomic E-state index is 0.547. The Balaban J connectivity index is 1.93. The van der Waals surface area contributed by atoms with E-state index in [0.717, 1.165) is 29.8 Å². The van der Waals surface area contributed by atoms with E-state index in [4.69, 9.17) is 10.5 Å². The number of hydrogen-bond acceptors (Lipinski definition) is 3. The van der Waals surface area contributed by atoms with Gasteiger partial charge in [0.25, 0.3) is 0 Å². The first-order chi connectivity index (χ1) is 8.81. The van der Waals surface area contributed by atoms with E-state index >= 15 is 0 Å². The summed E-state index contributed by atoms with van der Waals surface area (Å²) in [5, 5.41) is 4.22. The van der Waals surface area contributed by atoms with Crippen molar-refractivity contribution in [2.45, 2.75) is 33.0 Å². The molecule has 0 atom stereocenters. The predicted octanol–water partition coefficient (Wildman–Crippen LogP) is 2.33. The highest BCUT2D eigenvalue weighted by atomic mass is 16.5. The lowest BCUT2D eigenvalue weighted by atomic mass is 10.1. The molecule has 0 aliphatic heterocycles. The van der Waals surface area contributed by atoms with Crippen molar-refractivity contribution in [3.05, 3.63) is 47.8 Å². The van der Waals surface area contributed by atoms with Crippen molar-refractivity contribution >= 4 is 0 Å². The van der Waals surface area contributed by atoms with E-state index in [-0.39, 0.29) is 0 Å². The molecular formula is C14H19N3O. The van der Waals surface area contributed by atoms with Crippen LogP contribution in [0, 0.1) is 0 Å². The molecule has 1 aromatic carbocycles. The molecule has 4 heteroatoms. The molecule has 1 aromatic heterocycles. The lowest BCUT2D eigenvalue weighted by Crippen LogP contribution is -1.99. The van der Waals surface area contributed by atoms with Crippen molar-refractivity contribution in [1.29, 1.82) is 0 Å². The van der Waals surface area contributed by atoms with Gasteiger partial charge in [-0.2, -0.15) is 5.10 Å². The monoisotopic (exact) mass is 245 g/mol. The summed E-state index contributed by atoms with van der Waals surface area (Å²) in [5.74, 6) is 0.807. The summed E-state index contributed by atoms with van der Waals surface area (Å²) in [7, 11) is 0. The Morgan fingerprint density at radius 1 is 1.33 bits per heavy atom. The average Bonchev–Trinajstić information content (AvgIpc) is 2.85. The first kappa shape index (κ1) is 12.6. The summed E-state index contributed by atoms with van der Waals surface area (Å²) in [6.07, 6.45) is 4.75. The lowest BCUT2D eigenvalue weighted by molar-refractivity contribution is 0.305. The van der Waals surface area contributed by atoms with Crippen molar-refractivity contribution < 1.29 is 4.74 Å². The summed E-state index contributed by atoms with van der Waals surface area (Å²) in [6.45, 7) is 4.15. The van der Waals surface area contributed by atoms with Crippen molar-refractivity contribution in [2.75, 3.05) is 0 Å². The van der Waals surface area contributed by atoms with E-state index in [1.54, 1.807) is 6.20 Å². The molecule has 0 amide bonds. The van der Waals surface area contributed by atoms with E-state index in [1.807, 2.05) is 29.1 Å². The second-order valence-electron chi connectivity index (χ2n) is 4.25. The summed E-state index contributed by atoms with van der Waals surface area (Å²) in [5.41, 5.74) is 7.86. The Labute approximate surface area is 107 Å². The SMILES string of the molecule is CCCn1cc(OCc2cccc(CN)c2)cn1. The topological polar surface area (TPSA) is 53.1 Å². The summed E-state index contributed by atoms with van der Waals surface area (Å²) in [4.78, 5) is 0. The zero-order chi connectivity index (χ0) is 12.8. The first-order valence-corrected chi connectivity index (χ1v) is 6.25. The van der Waals surface area contributed by atoms with Crippen LogP contribution in [0.1, 0.15) is 24.5 Å². The standard InChI is InChI=1S/C14H19N3O/c1-2-6-17-10-14(9-16-17)18-11-13-5-3-4-12(7-13)8-15/h3-5,7,9-10H,2,6,8,11,15H2,1H3. The minimum atomic E-state index is 0.547. The maximum atomic E-state index is 5.69. The molecule has 0 aliphatic rings. The molecular weight excluding hydrogens is 226 g/mol. The Bertz CT molecular complexity index is 493. The van der Waals surface area contributed by atoms with Crippen LogP contribution in [0.2, 0.25) is 0 Å². The van der Waals surface area contributed by atoms with Gasteiger partial charge in [-0.05, 0) is 17.5 Å². The third-order valence-electron chi connectivity index (χ3n) is 2.69. The van der Waals surface area contributed by atoms with Gasteiger partial charge in [-0.3, -0.25) is 4.68 Å². The van der Waals surface area contributed by atoms with Gasteiger partial charge < -0.3 is 10.5 Å². The van der Waals surface area contributed by atoms with E-state index in [1.165, 1.54) is 0 Å². The fourth-order valence-corrected chi connectivity index (χ4v) is 1.78. The highest BCUT2D eigenvalue weighted by molar-refractivity contribution is 5.23. The van der Waals surface area contributed by atoms with Gasteiger partial charge in [-0.1, -0.05) is 31.2 Å². The molecule has 0 bridgehead atoms. The zero-order valence-electron chi connectivity index (χ0n) is 10.7. The highest BCUT2D eigenvalue weighted by Gasteiger charge is 2.00. The molecule has 2 rings (SSSR count). The van der Waals surface area contributed by atoms with Crippen LogP contribution in [0.5, 0.6) is 5.75 Å². The second kappa shape index (κ2) is 6.21. The third kappa shape index (κ3) is 3.34. The van der Waals surface area contributed by atoms with E-state index in [9.17, 15) is 0 Å². The molecule has 96 valence electrons. The van der Waals surface area contributed by atoms with Crippen molar-refractivity contribution in [3.8, 4) is 5.75 Å². The fraction of sp³-hybridized carbons (Fsp3) is 0.357. The van der Waals surface area contributed by atoms with Gasteiger partial charge in [0.05, 0.1) is 12.4 Å². The van der Waals surface area contributed by atoms with Crippen molar-refractivity contribution in [3.63, 3.8) is 0 Å². The number of aryl methyl sites for hydroxylation is 1. The fourth-order valence-electron chi connectivity index (χ4n) is 1.78. The first-order valence-electron chi connectivity index (χ1n) is 6.25. The molecule has 18 heavy (non-hydrogen) atoms. The van der Waals surface area contributed by atoms with Crippen LogP contribution in [-0.2, 0) is 19.7 Å². The average molecular weight is 245 g/mol. The van der Waals surface area contributed by atoms with Crippen molar-refractivity contribution in [1.82, 2.24) is 9.78 Å². The summed E-state index contributed by atoms with van der Waals surface area (Å²) < 4.78 is 7.59. The van der Waals surface area contributed by atoms with E-state index in [0.29, 0.717) is 13.2 Å². The van der Waals surface area contributed by atoms with Crippen LogP contribution in [0.3, 0.4) is 0 Å². The quantitative estimate of drug-likeness (QED) is 0.849. The summed E-state index contributed by atoms with van der Waals surface area (Å²) >= 11 is 0. The van der Waals surface area contributed by atoms with Gasteiger partial charge in [0.2, 0.25) is 0 Å². The predicted molar refractivity (Wildman–Crippen MR) is 71.2 cm³/mol. The van der Waals surface area contributed by atoms with E-state index < -0.39 is 0 Å². The maximum absolute atomic E-state index is 5.69. The Kier molecular flexibility index (Phi) is 4.36. The number of benzene rings is 1. The second-order valence-corrected chi connectivity index (χ2v) is 4.25. The largest absolute Gasteiger partial charge is 0.486 e. The van der Waals surface area contributed by atoms with Gasteiger partial charge in [-0.15, -0.1) is 0 Å². The number of nitrogens with zero attached hydrogens (tertiary/aromatic N) is 2. The molecule has 2 aromatic rings. The molecule has 1 heterocycles. The molecule has 0 spiro atoms. The molecule has 0 saturated heterocycles. The highest BCUT2D eigenvalue weighted by Crippen LogP contribution is 2.12. The van der Waals surface area contributed by atoms with Gasteiger partial charge in [-0.25, -0.2) is 0 Å². The number of nitrogens with two attached hydrogens (primary N) is 1. The molecule has 0 unspecified atom stereocenters. The minimum Gasteiger partial charge on any atom is -0.486 e. The molecule has 0 aliphatic carbocycles. The number of aromatic nitrogens is 2. The number of rotatable bonds is 6. The van der Waals surface area contributed by atoms with Crippen LogP contribution in [0.25, 0.3) is 0 Å². The maximum Gasteiger partial charge on any atom is 0.157 e. The molecule has 4 nitrogen and oxygen atoms in total. The Morgan fingerprint density at radius 2 is 2.17 bits per heavy atom. The van der Waals surface area contributed by atoms with Crippen molar-refractivity contribution in [2.24, 2.45) is 5.73 Å². The van der Waals surface area contributed by atoms with Crippen LogP contribution in [0.4, 0.5) is 0 Å². The van der Waals surface area contributed by atoms with Gasteiger partial charge in [0, 0.05) is 13.1 Å². The van der Waals surface area contributed by atoms with Crippen LogP contribution in [0.15, 0.2) is 36.7 Å². The van der Waals surface area contributed by atoms with Crippen LogP contribution in [-0.4, -0.2) is 9.78 Å². The van der Waals surface area contributed by atoms with Gasteiger partial charge in [0.15, 0.2) is 5.75 Å². The Morgan fingerprint density at radius 3 is 2.94 bits per heavy atom. The molecule has 0 radical (unpaired) electrons. The Hall–Kier alpha value is -1.81. The summed E-state index contributed by atoms with van der Waals surface area (Å²) in [6, 6.07) is 8.12. The van der Waals surface area contributed by atoms with E-state index in [2.05, 4.69) is 18.1 Å². The van der Waals surface area contributed by atoms with Crippen LogP contribution < -0.4 is 10.5 Å². The van der Waals surface area contributed by atoms with Crippen LogP contribution >= 0.6 is 0 Å². The van der Waals surface area contributed by atoms with Gasteiger partial charge >= 0.3 is 0 Å². The molecule has 2 N–H and O–H groups in total. The molecule has 0 saturated carbocycles.